The second-order valence-corrected chi connectivity index (χ2v) is 4.77. The maximum absolute atomic E-state index is 11.9. The summed E-state index contributed by atoms with van der Waals surface area (Å²) in [7, 11) is 0. The van der Waals surface area contributed by atoms with E-state index in [2.05, 4.69) is 12.6 Å². The number of thiol groups is 1. The molecule has 2 unspecified atom stereocenters. The Morgan fingerprint density at radius 2 is 2.12 bits per heavy atom. The quantitative estimate of drug-likeness (QED) is 0.796. The van der Waals surface area contributed by atoms with Crippen molar-refractivity contribution in [2.75, 3.05) is 18.9 Å². The lowest BCUT2D eigenvalue weighted by Gasteiger charge is -2.27. The van der Waals surface area contributed by atoms with Crippen LogP contribution < -0.4 is 0 Å². The molecule has 1 aliphatic heterocycles. The largest absolute Gasteiger partial charge is 0.394 e. The van der Waals surface area contributed by atoms with Gasteiger partial charge in [0.05, 0.1) is 12.6 Å². The maximum Gasteiger partial charge on any atom is 0.223 e. The molecule has 0 saturated carbocycles. The van der Waals surface area contributed by atoms with E-state index in [0.717, 1.165) is 11.3 Å². The van der Waals surface area contributed by atoms with Gasteiger partial charge in [0, 0.05) is 13.0 Å². The van der Waals surface area contributed by atoms with Gasteiger partial charge >= 0.3 is 0 Å². The Labute approximate surface area is 107 Å². The fourth-order valence-corrected chi connectivity index (χ4v) is 2.54. The molecule has 3 nitrogen and oxygen atoms in total. The highest BCUT2D eigenvalue weighted by atomic mass is 32.1. The van der Waals surface area contributed by atoms with Crippen LogP contribution in [0.4, 0.5) is 0 Å². The van der Waals surface area contributed by atoms with Crippen LogP contribution in [0.25, 0.3) is 0 Å². The molecular weight excluding hydrogens is 234 g/mol. The highest BCUT2D eigenvalue weighted by molar-refractivity contribution is 7.80. The molecule has 1 N–H and O–H groups in total. The average Bonchev–Trinajstić information content (AvgIpc) is 2.73. The van der Waals surface area contributed by atoms with Crippen molar-refractivity contribution >= 4 is 18.5 Å². The second-order valence-electron chi connectivity index (χ2n) is 4.41. The van der Waals surface area contributed by atoms with E-state index in [1.54, 1.807) is 4.90 Å². The maximum atomic E-state index is 11.9. The number of hydrogen-bond acceptors (Lipinski definition) is 3. The third kappa shape index (κ3) is 2.64. The minimum Gasteiger partial charge on any atom is -0.394 e. The van der Waals surface area contributed by atoms with Crippen LogP contribution in [0.3, 0.4) is 0 Å². The number of carbonyl (C=O) groups is 1. The summed E-state index contributed by atoms with van der Waals surface area (Å²) in [5, 5.41) is 9.50. The number of hydrogen-bond donors (Lipinski definition) is 2. The van der Waals surface area contributed by atoms with Crippen molar-refractivity contribution in [2.45, 2.75) is 12.5 Å². The highest BCUT2D eigenvalue weighted by Crippen LogP contribution is 2.28. The van der Waals surface area contributed by atoms with E-state index in [0.29, 0.717) is 18.9 Å². The first kappa shape index (κ1) is 12.5. The number of amides is 1. The summed E-state index contributed by atoms with van der Waals surface area (Å²) in [5.74, 6) is 1.14. The van der Waals surface area contributed by atoms with Gasteiger partial charge in [0.2, 0.25) is 5.91 Å². The Morgan fingerprint density at radius 1 is 1.41 bits per heavy atom. The number of rotatable bonds is 4. The first-order valence-corrected chi connectivity index (χ1v) is 6.45. The standard InChI is InChI=1S/C13H17NO2S/c15-8-12(11-4-2-1-3-5-11)14-7-10(9-17)6-13(14)16/h1-5,10,12,15,17H,6-9H2. The van der Waals surface area contributed by atoms with Crippen molar-refractivity contribution in [1.29, 1.82) is 0 Å². The number of likely N-dealkylation sites (tertiary alicyclic amines) is 1. The Bertz CT molecular complexity index is 382. The lowest BCUT2D eigenvalue weighted by molar-refractivity contribution is -0.130. The van der Waals surface area contributed by atoms with Crippen molar-refractivity contribution in [3.8, 4) is 0 Å². The topological polar surface area (TPSA) is 40.5 Å². The Hall–Kier alpha value is -1.00. The molecule has 17 heavy (non-hydrogen) atoms. The molecule has 1 aromatic carbocycles. The van der Waals surface area contributed by atoms with Crippen LogP contribution in [-0.2, 0) is 4.79 Å². The summed E-state index contributed by atoms with van der Waals surface area (Å²) in [6.45, 7) is 0.664. The number of benzene rings is 1. The van der Waals surface area contributed by atoms with E-state index in [1.807, 2.05) is 30.3 Å². The number of nitrogens with zero attached hydrogens (tertiary/aromatic N) is 1. The smallest absolute Gasteiger partial charge is 0.223 e. The van der Waals surface area contributed by atoms with Crippen molar-refractivity contribution in [1.82, 2.24) is 4.90 Å². The van der Waals surface area contributed by atoms with Gasteiger partial charge in [-0.25, -0.2) is 0 Å². The van der Waals surface area contributed by atoms with E-state index < -0.39 is 0 Å². The van der Waals surface area contributed by atoms with Crippen molar-refractivity contribution in [3.63, 3.8) is 0 Å². The zero-order valence-electron chi connectivity index (χ0n) is 9.62. The normalized spacial score (nSPS) is 21.9. The van der Waals surface area contributed by atoms with Gasteiger partial charge in [0.15, 0.2) is 0 Å². The molecule has 1 amide bonds. The predicted molar refractivity (Wildman–Crippen MR) is 69.9 cm³/mol. The van der Waals surface area contributed by atoms with Gasteiger partial charge in [0.25, 0.3) is 0 Å². The minimum atomic E-state index is -0.214. The van der Waals surface area contributed by atoms with Gasteiger partial charge in [0.1, 0.15) is 0 Å². The summed E-state index contributed by atoms with van der Waals surface area (Å²) in [6, 6.07) is 9.46. The van der Waals surface area contributed by atoms with E-state index in [-0.39, 0.29) is 18.6 Å². The molecule has 1 fully saturated rings. The van der Waals surface area contributed by atoms with Crippen LogP contribution in [0.2, 0.25) is 0 Å². The molecule has 92 valence electrons. The molecule has 1 aliphatic rings. The van der Waals surface area contributed by atoms with E-state index in [1.165, 1.54) is 0 Å². The molecular formula is C13H17NO2S. The van der Waals surface area contributed by atoms with E-state index in [9.17, 15) is 9.90 Å². The minimum absolute atomic E-state index is 0.0327. The Morgan fingerprint density at radius 3 is 2.65 bits per heavy atom. The predicted octanol–water partition coefficient (Wildman–Crippen LogP) is 1.50. The van der Waals surface area contributed by atoms with Gasteiger partial charge in [-0.2, -0.15) is 12.6 Å². The second kappa shape index (κ2) is 5.56. The molecule has 0 aliphatic carbocycles. The number of carbonyl (C=O) groups excluding carboxylic acids is 1. The molecule has 0 bridgehead atoms. The van der Waals surface area contributed by atoms with Crippen LogP contribution in [0, 0.1) is 5.92 Å². The summed E-state index contributed by atoms with van der Waals surface area (Å²) >= 11 is 4.24. The number of aliphatic hydroxyl groups excluding tert-OH is 1. The lowest BCUT2D eigenvalue weighted by Crippen LogP contribution is -2.32. The summed E-state index contributed by atoms with van der Waals surface area (Å²) in [6.07, 6.45) is 0.548. The summed E-state index contributed by atoms with van der Waals surface area (Å²) in [5.41, 5.74) is 0.989. The van der Waals surface area contributed by atoms with Crippen molar-refractivity contribution < 1.29 is 9.90 Å². The fraction of sp³-hybridized carbons (Fsp3) is 0.462. The third-order valence-electron chi connectivity index (χ3n) is 3.23. The van der Waals surface area contributed by atoms with Crippen molar-refractivity contribution in [2.24, 2.45) is 5.92 Å². The molecule has 0 spiro atoms. The molecule has 1 aromatic rings. The van der Waals surface area contributed by atoms with Gasteiger partial charge < -0.3 is 10.0 Å². The zero-order valence-corrected chi connectivity index (χ0v) is 10.5. The fourth-order valence-electron chi connectivity index (χ4n) is 2.29. The average molecular weight is 251 g/mol. The van der Waals surface area contributed by atoms with E-state index >= 15 is 0 Å². The van der Waals surface area contributed by atoms with Crippen LogP contribution in [-0.4, -0.2) is 34.8 Å². The molecule has 0 radical (unpaired) electrons. The van der Waals surface area contributed by atoms with Gasteiger partial charge in [-0.05, 0) is 17.2 Å². The van der Waals surface area contributed by atoms with Gasteiger partial charge in [-0.15, -0.1) is 0 Å². The molecule has 2 rings (SSSR count). The summed E-state index contributed by atoms with van der Waals surface area (Å²) < 4.78 is 0. The zero-order chi connectivity index (χ0) is 12.3. The van der Waals surface area contributed by atoms with Crippen molar-refractivity contribution in [3.05, 3.63) is 35.9 Å². The molecule has 0 aromatic heterocycles. The van der Waals surface area contributed by atoms with Gasteiger partial charge in [-0.3, -0.25) is 4.79 Å². The first-order chi connectivity index (χ1) is 8.26. The molecule has 4 heteroatoms. The van der Waals surface area contributed by atoms with Crippen LogP contribution in [0.5, 0.6) is 0 Å². The Balaban J connectivity index is 2.17. The summed E-state index contributed by atoms with van der Waals surface area (Å²) in [4.78, 5) is 13.7. The van der Waals surface area contributed by atoms with Gasteiger partial charge in [-0.1, -0.05) is 30.3 Å². The lowest BCUT2D eigenvalue weighted by atomic mass is 10.1. The highest BCUT2D eigenvalue weighted by Gasteiger charge is 2.33. The SMILES string of the molecule is O=C1CC(CS)CN1C(CO)c1ccccc1. The van der Waals surface area contributed by atoms with Crippen LogP contribution in [0.15, 0.2) is 30.3 Å². The molecule has 1 heterocycles. The van der Waals surface area contributed by atoms with Crippen LogP contribution in [0.1, 0.15) is 18.0 Å². The third-order valence-corrected chi connectivity index (χ3v) is 3.75. The monoisotopic (exact) mass is 251 g/mol. The Kier molecular flexibility index (Phi) is 4.07. The van der Waals surface area contributed by atoms with E-state index in [4.69, 9.17) is 0 Å². The van der Waals surface area contributed by atoms with Crippen LogP contribution >= 0.6 is 12.6 Å². The molecule has 1 saturated heterocycles. The molecule has 2 atom stereocenters. The first-order valence-electron chi connectivity index (χ1n) is 5.82. The number of aliphatic hydroxyl groups is 1.